The Kier molecular flexibility index (Phi) is 6.55. The number of esters is 1. The lowest BCUT2D eigenvalue weighted by molar-refractivity contribution is -0.153. The standard InChI is InChI=1S/C17H24N2O5S/c1-12(24-16(20)11-6-13-4-2-3-5-13)17(21)19-14-7-9-15(10-8-14)25(18,22)23/h7-10,12-13H,2-6,11H2,1H3,(H,19,21)(H2,18,22,23)/t12-/m1/s1. The van der Waals surface area contributed by atoms with Gasteiger partial charge in [-0.25, -0.2) is 13.6 Å². The van der Waals surface area contributed by atoms with E-state index in [0.717, 1.165) is 19.3 Å². The summed E-state index contributed by atoms with van der Waals surface area (Å²) in [4.78, 5) is 23.9. The second kappa shape index (κ2) is 8.44. The number of primary sulfonamides is 1. The van der Waals surface area contributed by atoms with E-state index in [2.05, 4.69) is 5.32 Å². The molecular formula is C17H24N2O5S. The maximum atomic E-state index is 12.1. The first kappa shape index (κ1) is 19.4. The summed E-state index contributed by atoms with van der Waals surface area (Å²) in [7, 11) is -3.78. The van der Waals surface area contributed by atoms with E-state index in [1.165, 1.54) is 44.0 Å². The van der Waals surface area contributed by atoms with Gasteiger partial charge in [0.25, 0.3) is 5.91 Å². The smallest absolute Gasteiger partial charge is 0.306 e. The van der Waals surface area contributed by atoms with Crippen molar-refractivity contribution in [3.8, 4) is 0 Å². The van der Waals surface area contributed by atoms with Gasteiger partial charge >= 0.3 is 5.97 Å². The Labute approximate surface area is 148 Å². The molecular weight excluding hydrogens is 344 g/mol. The average Bonchev–Trinajstić information content (AvgIpc) is 3.06. The van der Waals surface area contributed by atoms with Crippen LogP contribution in [0.4, 0.5) is 5.69 Å². The summed E-state index contributed by atoms with van der Waals surface area (Å²) in [6.07, 6.45) is 4.99. The lowest BCUT2D eigenvalue weighted by atomic mass is 10.0. The lowest BCUT2D eigenvalue weighted by Gasteiger charge is -2.14. The molecule has 1 amide bonds. The van der Waals surface area contributed by atoms with Gasteiger partial charge in [0, 0.05) is 12.1 Å². The molecule has 0 heterocycles. The van der Waals surface area contributed by atoms with Gasteiger partial charge in [0.05, 0.1) is 4.90 Å². The number of nitrogens with one attached hydrogen (secondary N) is 1. The van der Waals surface area contributed by atoms with Crippen molar-refractivity contribution in [3.63, 3.8) is 0 Å². The number of hydrogen-bond donors (Lipinski definition) is 2. The number of amides is 1. The molecule has 0 saturated heterocycles. The second-order valence-corrected chi connectivity index (χ2v) is 7.94. The Morgan fingerprint density at radius 1 is 1.24 bits per heavy atom. The molecule has 0 aromatic heterocycles. The molecule has 1 aromatic carbocycles. The van der Waals surface area contributed by atoms with E-state index >= 15 is 0 Å². The van der Waals surface area contributed by atoms with Crippen LogP contribution in [-0.4, -0.2) is 26.4 Å². The van der Waals surface area contributed by atoms with Crippen molar-refractivity contribution in [3.05, 3.63) is 24.3 Å². The third-order valence-corrected chi connectivity index (χ3v) is 5.29. The summed E-state index contributed by atoms with van der Waals surface area (Å²) in [5, 5.41) is 7.58. The molecule has 2 rings (SSSR count). The van der Waals surface area contributed by atoms with Crippen molar-refractivity contribution in [1.82, 2.24) is 0 Å². The molecule has 8 heteroatoms. The molecule has 1 fully saturated rings. The molecule has 0 spiro atoms. The van der Waals surface area contributed by atoms with Crippen LogP contribution in [0.15, 0.2) is 29.2 Å². The first-order valence-corrected chi connectivity index (χ1v) is 9.93. The second-order valence-electron chi connectivity index (χ2n) is 6.38. The third-order valence-electron chi connectivity index (χ3n) is 4.36. The predicted molar refractivity (Wildman–Crippen MR) is 93.2 cm³/mol. The average molecular weight is 368 g/mol. The van der Waals surface area contributed by atoms with Gasteiger partial charge in [-0.3, -0.25) is 9.59 Å². The molecule has 3 N–H and O–H groups in total. The van der Waals surface area contributed by atoms with E-state index in [1.54, 1.807) is 0 Å². The molecule has 1 atom stereocenters. The molecule has 1 aromatic rings. The summed E-state index contributed by atoms with van der Waals surface area (Å²) in [5.74, 6) is -0.259. The van der Waals surface area contributed by atoms with Crippen LogP contribution < -0.4 is 10.5 Å². The van der Waals surface area contributed by atoms with Crippen molar-refractivity contribution >= 4 is 27.6 Å². The molecule has 0 bridgehead atoms. The van der Waals surface area contributed by atoms with E-state index in [4.69, 9.17) is 9.88 Å². The van der Waals surface area contributed by atoms with E-state index in [-0.39, 0.29) is 10.9 Å². The van der Waals surface area contributed by atoms with Crippen LogP contribution in [0.2, 0.25) is 0 Å². The van der Waals surface area contributed by atoms with Gasteiger partial charge in [0.15, 0.2) is 6.10 Å². The van der Waals surface area contributed by atoms with Crippen LogP contribution in [0.3, 0.4) is 0 Å². The van der Waals surface area contributed by atoms with Gasteiger partial charge in [-0.1, -0.05) is 25.7 Å². The summed E-state index contributed by atoms with van der Waals surface area (Å²) < 4.78 is 27.5. The quantitative estimate of drug-likeness (QED) is 0.716. The molecule has 7 nitrogen and oxygen atoms in total. The normalized spacial score (nSPS) is 16.4. The number of rotatable bonds is 7. The summed E-state index contributed by atoms with van der Waals surface area (Å²) in [6, 6.07) is 5.44. The van der Waals surface area contributed by atoms with Crippen LogP contribution in [0.1, 0.15) is 45.4 Å². The topological polar surface area (TPSA) is 116 Å². The SMILES string of the molecule is C[C@@H](OC(=O)CCC1CCCC1)C(=O)Nc1ccc(S(N)(=O)=O)cc1. The van der Waals surface area contributed by atoms with Crippen molar-refractivity contribution in [1.29, 1.82) is 0 Å². The maximum absolute atomic E-state index is 12.1. The van der Waals surface area contributed by atoms with E-state index in [9.17, 15) is 18.0 Å². The summed E-state index contributed by atoms with van der Waals surface area (Å²) in [5.41, 5.74) is 0.395. The van der Waals surface area contributed by atoms with Crippen molar-refractivity contribution < 1.29 is 22.7 Å². The van der Waals surface area contributed by atoms with Crippen LogP contribution in [-0.2, 0) is 24.3 Å². The number of anilines is 1. The van der Waals surface area contributed by atoms with Gasteiger partial charge in [-0.05, 0) is 43.5 Å². The van der Waals surface area contributed by atoms with Gasteiger partial charge in [0.1, 0.15) is 0 Å². The largest absolute Gasteiger partial charge is 0.453 e. The van der Waals surface area contributed by atoms with Crippen molar-refractivity contribution in [2.24, 2.45) is 11.1 Å². The highest BCUT2D eigenvalue weighted by atomic mass is 32.2. The van der Waals surface area contributed by atoms with Gasteiger partial charge in [-0.2, -0.15) is 0 Å². The van der Waals surface area contributed by atoms with Crippen molar-refractivity contribution in [2.45, 2.75) is 56.4 Å². The summed E-state index contributed by atoms with van der Waals surface area (Å²) >= 11 is 0. The highest BCUT2D eigenvalue weighted by Gasteiger charge is 2.20. The van der Waals surface area contributed by atoms with Crippen molar-refractivity contribution in [2.75, 3.05) is 5.32 Å². The molecule has 1 aliphatic carbocycles. The lowest BCUT2D eigenvalue weighted by Crippen LogP contribution is -2.30. The van der Waals surface area contributed by atoms with E-state index in [0.29, 0.717) is 18.0 Å². The van der Waals surface area contributed by atoms with Gasteiger partial charge in [0.2, 0.25) is 10.0 Å². The van der Waals surface area contributed by atoms with Gasteiger partial charge in [-0.15, -0.1) is 0 Å². The van der Waals surface area contributed by atoms with E-state index in [1.807, 2.05) is 0 Å². The van der Waals surface area contributed by atoms with E-state index < -0.39 is 22.0 Å². The molecule has 0 radical (unpaired) electrons. The summed E-state index contributed by atoms with van der Waals surface area (Å²) in [6.45, 7) is 1.50. The fourth-order valence-corrected chi connectivity index (χ4v) is 3.42. The Balaban J connectivity index is 1.80. The maximum Gasteiger partial charge on any atom is 0.306 e. The Morgan fingerprint density at radius 3 is 2.40 bits per heavy atom. The first-order valence-electron chi connectivity index (χ1n) is 8.39. The zero-order chi connectivity index (χ0) is 18.4. The molecule has 138 valence electrons. The zero-order valence-corrected chi connectivity index (χ0v) is 15.1. The number of sulfonamides is 1. The Bertz CT molecular complexity index is 709. The fourth-order valence-electron chi connectivity index (χ4n) is 2.90. The first-order chi connectivity index (χ1) is 11.8. The Hall–Kier alpha value is -1.93. The van der Waals surface area contributed by atoms with Crippen LogP contribution in [0.25, 0.3) is 0 Å². The van der Waals surface area contributed by atoms with Crippen LogP contribution >= 0.6 is 0 Å². The zero-order valence-electron chi connectivity index (χ0n) is 14.2. The monoisotopic (exact) mass is 368 g/mol. The number of nitrogens with two attached hydrogens (primary N) is 1. The molecule has 1 saturated carbocycles. The number of carbonyl (C=O) groups excluding carboxylic acids is 2. The minimum absolute atomic E-state index is 0.0445. The number of benzene rings is 1. The molecule has 0 aliphatic heterocycles. The highest BCUT2D eigenvalue weighted by molar-refractivity contribution is 7.89. The fraction of sp³-hybridized carbons (Fsp3) is 0.529. The number of hydrogen-bond acceptors (Lipinski definition) is 5. The number of carbonyl (C=O) groups is 2. The third kappa shape index (κ3) is 6.13. The molecule has 1 aliphatic rings. The molecule has 0 unspecified atom stereocenters. The van der Waals surface area contributed by atoms with Crippen LogP contribution in [0, 0.1) is 5.92 Å². The number of ether oxygens (including phenoxy) is 1. The Morgan fingerprint density at radius 2 is 1.84 bits per heavy atom. The predicted octanol–water partition coefficient (Wildman–Crippen LogP) is 2.17. The van der Waals surface area contributed by atoms with Crippen LogP contribution in [0.5, 0.6) is 0 Å². The minimum Gasteiger partial charge on any atom is -0.453 e. The highest BCUT2D eigenvalue weighted by Crippen LogP contribution is 2.28. The molecule has 25 heavy (non-hydrogen) atoms. The minimum atomic E-state index is -3.78. The van der Waals surface area contributed by atoms with Gasteiger partial charge < -0.3 is 10.1 Å².